The van der Waals surface area contributed by atoms with Crippen molar-refractivity contribution in [3.63, 3.8) is 0 Å². The molecule has 0 aromatic carbocycles. The fourth-order valence-corrected chi connectivity index (χ4v) is 2.05. The van der Waals surface area contributed by atoms with Crippen LogP contribution in [0.1, 0.15) is 30.4 Å². The van der Waals surface area contributed by atoms with Crippen LogP contribution in [0.25, 0.3) is 11.6 Å². The Hall–Kier alpha value is -1.69. The molecule has 3 rings (SSSR count). The summed E-state index contributed by atoms with van der Waals surface area (Å²) in [5.41, 5.74) is 1.81. The predicted molar refractivity (Wildman–Crippen MR) is 61.2 cm³/mol. The summed E-state index contributed by atoms with van der Waals surface area (Å²) in [7, 11) is 1.90. The Kier molecular flexibility index (Phi) is 2.44. The lowest BCUT2D eigenvalue weighted by molar-refractivity contribution is 0.411. The topological polar surface area (TPSA) is 68.8 Å². The number of rotatable bonds is 2. The molecule has 6 nitrogen and oxygen atoms in total. The molecule has 1 aliphatic heterocycles. The Balaban J connectivity index is 1.88. The second-order valence-corrected chi connectivity index (χ2v) is 4.40. The molecule has 0 spiro atoms. The number of aryl methyl sites for hydroxylation is 2. The van der Waals surface area contributed by atoms with Crippen LogP contribution in [-0.4, -0.2) is 26.5 Å². The van der Waals surface area contributed by atoms with E-state index in [1.807, 2.05) is 20.0 Å². The Morgan fingerprint density at radius 3 is 3.06 bits per heavy atom. The summed E-state index contributed by atoms with van der Waals surface area (Å²) in [4.78, 5) is 4.40. The van der Waals surface area contributed by atoms with Gasteiger partial charge in [0.1, 0.15) is 0 Å². The van der Waals surface area contributed by atoms with Crippen LogP contribution in [0.4, 0.5) is 0 Å². The lowest BCUT2D eigenvalue weighted by Gasteiger charge is -2.01. The number of aromatic nitrogens is 4. The minimum Gasteiger partial charge on any atom is -0.332 e. The average molecular weight is 233 g/mol. The van der Waals surface area contributed by atoms with Crippen LogP contribution in [0.2, 0.25) is 0 Å². The molecule has 0 amide bonds. The minimum absolute atomic E-state index is 0.234. The first kappa shape index (κ1) is 10.5. The van der Waals surface area contributed by atoms with E-state index in [0.717, 1.165) is 36.6 Å². The van der Waals surface area contributed by atoms with Gasteiger partial charge in [-0.2, -0.15) is 10.1 Å². The molecular formula is C11H15N5O. The van der Waals surface area contributed by atoms with E-state index in [4.69, 9.17) is 4.52 Å². The molecule has 0 bridgehead atoms. The highest BCUT2D eigenvalue weighted by Crippen LogP contribution is 2.23. The van der Waals surface area contributed by atoms with Crippen molar-refractivity contribution in [2.45, 2.75) is 25.8 Å². The molecule has 0 saturated carbocycles. The third-order valence-electron chi connectivity index (χ3n) is 3.15. The van der Waals surface area contributed by atoms with E-state index in [0.29, 0.717) is 5.89 Å². The van der Waals surface area contributed by atoms with Crippen molar-refractivity contribution in [3.05, 3.63) is 17.6 Å². The van der Waals surface area contributed by atoms with E-state index in [9.17, 15) is 0 Å². The maximum absolute atomic E-state index is 5.25. The summed E-state index contributed by atoms with van der Waals surface area (Å²) in [6.45, 7) is 3.02. The maximum atomic E-state index is 5.25. The molecule has 0 aliphatic carbocycles. The lowest BCUT2D eigenvalue weighted by Crippen LogP contribution is -2.14. The van der Waals surface area contributed by atoms with E-state index in [2.05, 4.69) is 20.6 Å². The highest BCUT2D eigenvalue weighted by molar-refractivity contribution is 5.46. The van der Waals surface area contributed by atoms with Crippen LogP contribution in [0.15, 0.2) is 10.6 Å². The SMILES string of the molecule is Cc1cc(-c2nc(C3CCCN3)no2)nn1C. The van der Waals surface area contributed by atoms with Gasteiger partial charge in [-0.15, -0.1) is 0 Å². The molecule has 1 aliphatic rings. The third kappa shape index (κ3) is 1.84. The molecule has 1 N–H and O–H groups in total. The molecule has 17 heavy (non-hydrogen) atoms. The Bertz CT molecular complexity index is 504. The molecule has 1 saturated heterocycles. The summed E-state index contributed by atoms with van der Waals surface area (Å²) in [6, 6.07) is 2.18. The van der Waals surface area contributed by atoms with Gasteiger partial charge in [-0.05, 0) is 32.4 Å². The molecule has 1 unspecified atom stereocenters. The van der Waals surface area contributed by atoms with Gasteiger partial charge >= 0.3 is 0 Å². The fourth-order valence-electron chi connectivity index (χ4n) is 2.05. The Morgan fingerprint density at radius 2 is 2.41 bits per heavy atom. The molecule has 1 atom stereocenters. The van der Waals surface area contributed by atoms with Crippen LogP contribution < -0.4 is 5.32 Å². The van der Waals surface area contributed by atoms with Gasteiger partial charge in [0.25, 0.3) is 5.89 Å². The van der Waals surface area contributed by atoms with E-state index in [1.54, 1.807) is 4.68 Å². The zero-order valence-electron chi connectivity index (χ0n) is 9.97. The van der Waals surface area contributed by atoms with Gasteiger partial charge in [0.15, 0.2) is 11.5 Å². The van der Waals surface area contributed by atoms with Crippen molar-refractivity contribution in [3.8, 4) is 11.6 Å². The van der Waals surface area contributed by atoms with Crippen LogP contribution in [0, 0.1) is 6.92 Å². The van der Waals surface area contributed by atoms with Gasteiger partial charge in [0, 0.05) is 12.7 Å². The van der Waals surface area contributed by atoms with Crippen LogP contribution >= 0.6 is 0 Å². The van der Waals surface area contributed by atoms with Crippen molar-refractivity contribution >= 4 is 0 Å². The molecule has 3 heterocycles. The van der Waals surface area contributed by atoms with Gasteiger partial charge < -0.3 is 9.84 Å². The number of hydrogen-bond donors (Lipinski definition) is 1. The zero-order valence-corrected chi connectivity index (χ0v) is 9.97. The summed E-state index contributed by atoms with van der Waals surface area (Å²) < 4.78 is 7.05. The molecular weight excluding hydrogens is 218 g/mol. The van der Waals surface area contributed by atoms with Gasteiger partial charge in [0.2, 0.25) is 0 Å². The lowest BCUT2D eigenvalue weighted by atomic mass is 10.2. The van der Waals surface area contributed by atoms with Crippen molar-refractivity contribution < 1.29 is 4.52 Å². The molecule has 6 heteroatoms. The summed E-state index contributed by atoms with van der Waals surface area (Å²) in [5.74, 6) is 1.23. The normalized spacial score (nSPS) is 20.0. The number of nitrogens with zero attached hydrogens (tertiary/aromatic N) is 4. The largest absolute Gasteiger partial charge is 0.332 e. The van der Waals surface area contributed by atoms with Gasteiger partial charge in [-0.25, -0.2) is 0 Å². The smallest absolute Gasteiger partial charge is 0.278 e. The summed E-state index contributed by atoms with van der Waals surface area (Å²) in [6.07, 6.45) is 2.23. The monoisotopic (exact) mass is 233 g/mol. The maximum Gasteiger partial charge on any atom is 0.278 e. The summed E-state index contributed by atoms with van der Waals surface area (Å²) in [5, 5.41) is 11.7. The van der Waals surface area contributed by atoms with Gasteiger partial charge in [-0.3, -0.25) is 4.68 Å². The van der Waals surface area contributed by atoms with Crippen LogP contribution in [0.5, 0.6) is 0 Å². The number of nitrogens with one attached hydrogen (secondary N) is 1. The first-order valence-corrected chi connectivity index (χ1v) is 5.82. The van der Waals surface area contributed by atoms with E-state index in [1.165, 1.54) is 0 Å². The van der Waals surface area contributed by atoms with E-state index >= 15 is 0 Å². The Labute approximate surface area is 99.0 Å². The zero-order chi connectivity index (χ0) is 11.8. The van der Waals surface area contributed by atoms with E-state index < -0.39 is 0 Å². The number of hydrogen-bond acceptors (Lipinski definition) is 5. The predicted octanol–water partition coefficient (Wildman–Crippen LogP) is 1.20. The first-order valence-electron chi connectivity index (χ1n) is 5.82. The second-order valence-electron chi connectivity index (χ2n) is 4.40. The van der Waals surface area contributed by atoms with Crippen molar-refractivity contribution in [2.75, 3.05) is 6.54 Å². The minimum atomic E-state index is 0.234. The molecule has 1 fully saturated rings. The molecule has 2 aromatic heterocycles. The quantitative estimate of drug-likeness (QED) is 0.844. The second kappa shape index (κ2) is 3.96. The van der Waals surface area contributed by atoms with Crippen molar-refractivity contribution in [1.82, 2.24) is 25.2 Å². The highest BCUT2D eigenvalue weighted by Gasteiger charge is 2.22. The van der Waals surface area contributed by atoms with Gasteiger partial charge in [0.05, 0.1) is 6.04 Å². The Morgan fingerprint density at radius 1 is 1.53 bits per heavy atom. The van der Waals surface area contributed by atoms with Crippen LogP contribution in [0.3, 0.4) is 0 Å². The molecule has 0 radical (unpaired) electrons. The van der Waals surface area contributed by atoms with Crippen LogP contribution in [-0.2, 0) is 7.05 Å². The van der Waals surface area contributed by atoms with Crippen molar-refractivity contribution in [1.29, 1.82) is 0 Å². The van der Waals surface area contributed by atoms with E-state index in [-0.39, 0.29) is 6.04 Å². The third-order valence-corrected chi connectivity index (χ3v) is 3.15. The molecule has 90 valence electrons. The van der Waals surface area contributed by atoms with Gasteiger partial charge in [-0.1, -0.05) is 5.16 Å². The standard InChI is InChI=1S/C11H15N5O/c1-7-6-9(14-16(7)2)11-13-10(15-17-11)8-4-3-5-12-8/h6,8,12H,3-5H2,1-2H3. The summed E-state index contributed by atoms with van der Waals surface area (Å²) >= 11 is 0. The fraction of sp³-hybridized carbons (Fsp3) is 0.545. The first-order chi connectivity index (χ1) is 8.24. The molecule has 2 aromatic rings. The average Bonchev–Trinajstić information content (AvgIpc) is 3.00. The highest BCUT2D eigenvalue weighted by atomic mass is 16.5. The van der Waals surface area contributed by atoms with Crippen molar-refractivity contribution in [2.24, 2.45) is 7.05 Å².